The van der Waals surface area contributed by atoms with E-state index in [-0.39, 0.29) is 34.8 Å². The average Bonchev–Trinajstić information content (AvgIpc) is 2.78. The molecule has 2 rings (SSSR count). The normalized spacial score (nSPS) is 17.6. The van der Waals surface area contributed by atoms with Gasteiger partial charge in [0.25, 0.3) is 0 Å². The van der Waals surface area contributed by atoms with E-state index in [4.69, 9.17) is 21.1 Å². The standard InChI is InChI=1S/C25H30ClF4NO3S/c1-6-22(24(32)34-14-18-9-7-8-10-33-18)35-23-13-21(20(27)12-19(23)26)31(15(2)3)17(5)11-16(4)25(28,29)30/h11-13,18,22H,2,5-10,14H2,1,3-4H3/b16-11+. The van der Waals surface area contributed by atoms with Crippen molar-refractivity contribution in [1.29, 1.82) is 0 Å². The minimum atomic E-state index is -4.55. The van der Waals surface area contributed by atoms with Crippen molar-refractivity contribution in [2.24, 2.45) is 0 Å². The van der Waals surface area contributed by atoms with Gasteiger partial charge in [0.15, 0.2) is 0 Å². The molecule has 194 valence electrons. The first-order chi connectivity index (χ1) is 16.3. The third kappa shape index (κ3) is 8.29. The van der Waals surface area contributed by atoms with Crippen molar-refractivity contribution < 1.29 is 31.8 Å². The Morgan fingerprint density at radius 2 is 2.03 bits per heavy atom. The van der Waals surface area contributed by atoms with E-state index in [1.165, 1.54) is 17.9 Å². The zero-order valence-corrected chi connectivity index (χ0v) is 21.6. The summed E-state index contributed by atoms with van der Waals surface area (Å²) in [4.78, 5) is 14.2. The molecule has 0 aliphatic carbocycles. The number of alkyl halides is 3. The summed E-state index contributed by atoms with van der Waals surface area (Å²) in [7, 11) is 0. The van der Waals surface area contributed by atoms with Crippen molar-refractivity contribution in [3.05, 3.63) is 59.2 Å². The molecule has 0 radical (unpaired) electrons. The molecule has 35 heavy (non-hydrogen) atoms. The first kappa shape index (κ1) is 29.3. The number of carbonyl (C=O) groups excluding carboxylic acids is 1. The minimum Gasteiger partial charge on any atom is -0.462 e. The largest absolute Gasteiger partial charge is 0.462 e. The highest BCUT2D eigenvalue weighted by Crippen LogP contribution is 2.39. The van der Waals surface area contributed by atoms with Crippen LogP contribution in [-0.2, 0) is 14.3 Å². The number of benzene rings is 1. The number of anilines is 1. The van der Waals surface area contributed by atoms with Gasteiger partial charge in [-0.3, -0.25) is 4.79 Å². The molecule has 10 heteroatoms. The van der Waals surface area contributed by atoms with E-state index >= 15 is 0 Å². The van der Waals surface area contributed by atoms with Gasteiger partial charge in [-0.1, -0.05) is 31.7 Å². The summed E-state index contributed by atoms with van der Waals surface area (Å²) in [6, 6.07) is 2.43. The number of esters is 1. The number of hydrogen-bond donors (Lipinski definition) is 0. The predicted octanol–water partition coefficient (Wildman–Crippen LogP) is 7.82. The summed E-state index contributed by atoms with van der Waals surface area (Å²) in [5.74, 6) is -1.22. The molecule has 1 aliphatic rings. The highest BCUT2D eigenvalue weighted by Gasteiger charge is 2.31. The molecular formula is C25H30ClF4NO3S. The second-order valence-electron chi connectivity index (χ2n) is 8.25. The van der Waals surface area contributed by atoms with E-state index in [1.807, 2.05) is 0 Å². The highest BCUT2D eigenvalue weighted by atomic mass is 35.5. The maximum atomic E-state index is 14.9. The van der Waals surface area contributed by atoms with E-state index in [2.05, 4.69) is 13.2 Å². The molecule has 1 saturated heterocycles. The quantitative estimate of drug-likeness (QED) is 0.132. The van der Waals surface area contributed by atoms with Crippen molar-refractivity contribution in [2.45, 2.75) is 68.9 Å². The second kappa shape index (κ2) is 12.8. The molecule has 2 unspecified atom stereocenters. The summed E-state index contributed by atoms with van der Waals surface area (Å²) in [5.41, 5.74) is -0.853. The van der Waals surface area contributed by atoms with E-state index in [9.17, 15) is 22.4 Å². The van der Waals surface area contributed by atoms with Gasteiger partial charge in [-0.25, -0.2) is 4.39 Å². The van der Waals surface area contributed by atoms with Crippen LogP contribution in [0.1, 0.15) is 46.5 Å². The Kier molecular flexibility index (Phi) is 10.7. The summed E-state index contributed by atoms with van der Waals surface area (Å²) < 4.78 is 65.0. The van der Waals surface area contributed by atoms with Gasteiger partial charge in [0.2, 0.25) is 0 Å². The van der Waals surface area contributed by atoms with Gasteiger partial charge in [-0.05, 0) is 57.7 Å². The molecule has 0 amide bonds. The number of rotatable bonds is 10. The van der Waals surface area contributed by atoms with Crippen molar-refractivity contribution in [3.8, 4) is 0 Å². The van der Waals surface area contributed by atoms with Gasteiger partial charge < -0.3 is 14.4 Å². The summed E-state index contributed by atoms with van der Waals surface area (Å²) >= 11 is 7.35. The summed E-state index contributed by atoms with van der Waals surface area (Å²) in [6.45, 7) is 12.4. The molecular weight excluding hydrogens is 506 g/mol. The molecule has 1 aromatic carbocycles. The lowest BCUT2D eigenvalue weighted by Gasteiger charge is -2.27. The fraction of sp³-hybridized carbons (Fsp3) is 0.480. The molecule has 1 aromatic rings. The van der Waals surface area contributed by atoms with Crippen LogP contribution >= 0.6 is 23.4 Å². The highest BCUT2D eigenvalue weighted by molar-refractivity contribution is 8.00. The van der Waals surface area contributed by atoms with E-state index < -0.39 is 28.8 Å². The van der Waals surface area contributed by atoms with Crippen LogP contribution in [0.25, 0.3) is 0 Å². The SMILES string of the molecule is C=C(C)N(C(=C)/C=C(\C)C(F)(F)F)c1cc(SC(CC)C(=O)OCC2CCCCO2)c(Cl)cc1F. The van der Waals surface area contributed by atoms with Crippen molar-refractivity contribution in [2.75, 3.05) is 18.1 Å². The van der Waals surface area contributed by atoms with Crippen LogP contribution in [0, 0.1) is 5.82 Å². The summed E-state index contributed by atoms with van der Waals surface area (Å²) in [5, 5.41) is -0.560. The Balaban J connectivity index is 2.27. The Labute approximate surface area is 213 Å². The van der Waals surface area contributed by atoms with Gasteiger partial charge >= 0.3 is 12.1 Å². The van der Waals surface area contributed by atoms with Crippen LogP contribution < -0.4 is 4.90 Å². The van der Waals surface area contributed by atoms with Gasteiger partial charge in [0.1, 0.15) is 17.7 Å². The second-order valence-corrected chi connectivity index (χ2v) is 9.91. The van der Waals surface area contributed by atoms with Crippen LogP contribution in [0.15, 0.2) is 53.2 Å². The molecule has 0 spiro atoms. The zero-order chi connectivity index (χ0) is 26.3. The molecule has 1 aliphatic heterocycles. The van der Waals surface area contributed by atoms with E-state index in [0.717, 1.165) is 50.1 Å². The molecule has 0 aromatic heterocycles. The lowest BCUT2D eigenvalue weighted by Crippen LogP contribution is -2.29. The number of hydrogen-bond acceptors (Lipinski definition) is 5. The fourth-order valence-corrected chi connectivity index (χ4v) is 4.71. The fourth-order valence-electron chi connectivity index (χ4n) is 3.44. The molecule has 4 nitrogen and oxygen atoms in total. The van der Waals surface area contributed by atoms with Crippen LogP contribution in [-0.4, -0.2) is 36.7 Å². The molecule has 0 N–H and O–H groups in total. The average molecular weight is 536 g/mol. The number of thioether (sulfide) groups is 1. The van der Waals surface area contributed by atoms with E-state index in [1.54, 1.807) is 6.92 Å². The maximum Gasteiger partial charge on any atom is 0.412 e. The van der Waals surface area contributed by atoms with Crippen molar-refractivity contribution in [3.63, 3.8) is 0 Å². The van der Waals surface area contributed by atoms with Crippen molar-refractivity contribution >= 4 is 35.0 Å². The molecule has 1 fully saturated rings. The van der Waals surface area contributed by atoms with Crippen LogP contribution in [0.3, 0.4) is 0 Å². The van der Waals surface area contributed by atoms with Crippen LogP contribution in [0.5, 0.6) is 0 Å². The Bertz CT molecular complexity index is 974. The summed E-state index contributed by atoms with van der Waals surface area (Å²) in [6.07, 6.45) is -0.613. The molecule has 1 heterocycles. The molecule has 0 bridgehead atoms. The third-order valence-corrected chi connectivity index (χ3v) is 7.16. The van der Waals surface area contributed by atoms with Gasteiger partial charge in [0, 0.05) is 28.5 Å². The number of halogens is 5. The lowest BCUT2D eigenvalue weighted by atomic mass is 10.1. The van der Waals surface area contributed by atoms with Crippen LogP contribution in [0.4, 0.5) is 23.2 Å². The van der Waals surface area contributed by atoms with Gasteiger partial charge in [-0.2, -0.15) is 13.2 Å². The smallest absolute Gasteiger partial charge is 0.412 e. The van der Waals surface area contributed by atoms with Gasteiger partial charge in [0.05, 0.1) is 16.8 Å². The predicted molar refractivity (Wildman–Crippen MR) is 132 cm³/mol. The van der Waals surface area contributed by atoms with Crippen molar-refractivity contribution in [1.82, 2.24) is 0 Å². The molecule has 2 atom stereocenters. The Morgan fingerprint density at radius 1 is 1.34 bits per heavy atom. The number of nitrogens with zero attached hydrogens (tertiary/aromatic N) is 1. The third-order valence-electron chi connectivity index (χ3n) is 5.33. The zero-order valence-electron chi connectivity index (χ0n) is 20.0. The first-order valence-corrected chi connectivity index (χ1v) is 12.4. The monoisotopic (exact) mass is 535 g/mol. The maximum absolute atomic E-state index is 14.9. The molecule has 0 saturated carbocycles. The van der Waals surface area contributed by atoms with E-state index in [0.29, 0.717) is 17.9 Å². The first-order valence-electron chi connectivity index (χ1n) is 11.2. The topological polar surface area (TPSA) is 38.8 Å². The lowest BCUT2D eigenvalue weighted by molar-refractivity contribution is -0.148. The minimum absolute atomic E-state index is 0.0624. The van der Waals surface area contributed by atoms with Gasteiger partial charge in [-0.15, -0.1) is 11.8 Å². The Hall–Kier alpha value is -1.97. The number of ether oxygens (including phenoxy) is 2. The number of allylic oxidation sites excluding steroid dienone is 3. The van der Waals surface area contributed by atoms with Crippen LogP contribution in [0.2, 0.25) is 5.02 Å². The Morgan fingerprint density at radius 3 is 2.57 bits per heavy atom. The number of carbonyl (C=O) groups is 1.